The van der Waals surface area contributed by atoms with Crippen LogP contribution in [-0.4, -0.2) is 33.2 Å². The summed E-state index contributed by atoms with van der Waals surface area (Å²) in [6.07, 6.45) is 5.04. The smallest absolute Gasteiger partial charge is 0.337 e. The summed E-state index contributed by atoms with van der Waals surface area (Å²) in [5.74, 6) is 0.664. The lowest BCUT2D eigenvalue weighted by molar-refractivity contribution is -0.123. The molecule has 37 heavy (non-hydrogen) atoms. The molecule has 8 heteroatoms. The third-order valence-corrected chi connectivity index (χ3v) is 7.46. The van der Waals surface area contributed by atoms with Crippen LogP contribution in [-0.2, 0) is 17.6 Å². The van der Waals surface area contributed by atoms with Gasteiger partial charge >= 0.3 is 5.97 Å². The van der Waals surface area contributed by atoms with Gasteiger partial charge in [-0.3, -0.25) is 4.79 Å². The molecule has 2 aromatic carbocycles. The molecule has 0 saturated heterocycles. The average Bonchev–Trinajstić information content (AvgIpc) is 3.44. The molecule has 0 unspecified atom stereocenters. The number of carboxylic acid groups (broad SMARTS) is 1. The van der Waals surface area contributed by atoms with E-state index in [1.807, 2.05) is 32.0 Å². The van der Waals surface area contributed by atoms with Crippen LogP contribution >= 0.6 is 0 Å². The Morgan fingerprint density at radius 1 is 1.05 bits per heavy atom. The zero-order valence-electron chi connectivity index (χ0n) is 21.8. The van der Waals surface area contributed by atoms with E-state index in [1.54, 1.807) is 17.9 Å². The predicted octanol–water partition coefficient (Wildman–Crippen LogP) is 6.33. The number of nitrogens with zero attached hydrogens (tertiary/aromatic N) is 3. The predicted molar refractivity (Wildman–Crippen MR) is 141 cm³/mol. The van der Waals surface area contributed by atoms with Crippen LogP contribution < -0.4 is 4.90 Å². The van der Waals surface area contributed by atoms with E-state index < -0.39 is 5.97 Å². The van der Waals surface area contributed by atoms with Crippen LogP contribution in [0.1, 0.15) is 74.1 Å². The lowest BCUT2D eigenvalue weighted by Gasteiger charge is -2.34. The molecule has 1 amide bonds. The lowest BCUT2D eigenvalue weighted by atomic mass is 9.82. The van der Waals surface area contributed by atoms with Crippen molar-refractivity contribution in [3.05, 3.63) is 53.2 Å². The Morgan fingerprint density at radius 2 is 1.78 bits per heavy atom. The molecule has 0 atom stereocenters. The third kappa shape index (κ3) is 4.97. The normalized spacial score (nSPS) is 18.1. The van der Waals surface area contributed by atoms with E-state index in [-0.39, 0.29) is 23.4 Å². The summed E-state index contributed by atoms with van der Waals surface area (Å²) in [4.78, 5) is 32.0. The Morgan fingerprint density at radius 3 is 2.43 bits per heavy atom. The molecule has 0 aliphatic heterocycles. The van der Waals surface area contributed by atoms with E-state index in [4.69, 9.17) is 8.94 Å². The molecular formula is C29H33N3O5. The van der Waals surface area contributed by atoms with Crippen molar-refractivity contribution in [2.45, 2.75) is 72.3 Å². The van der Waals surface area contributed by atoms with E-state index >= 15 is 0 Å². The number of aryl methyl sites for hydroxylation is 3. The Kier molecular flexibility index (Phi) is 6.75. The van der Waals surface area contributed by atoms with Gasteiger partial charge in [0, 0.05) is 29.2 Å². The number of anilines is 1. The molecule has 1 saturated carbocycles. The highest BCUT2D eigenvalue weighted by molar-refractivity contribution is 6.12. The van der Waals surface area contributed by atoms with Crippen LogP contribution in [0.15, 0.2) is 39.3 Å². The average molecular weight is 504 g/mol. The largest absolute Gasteiger partial charge is 0.478 e. The zero-order valence-corrected chi connectivity index (χ0v) is 21.8. The highest BCUT2D eigenvalue weighted by atomic mass is 16.5. The van der Waals surface area contributed by atoms with Crippen molar-refractivity contribution in [3.8, 4) is 0 Å². The van der Waals surface area contributed by atoms with Gasteiger partial charge in [0.15, 0.2) is 5.82 Å². The second kappa shape index (κ2) is 10.00. The maximum Gasteiger partial charge on any atom is 0.337 e. The Balaban J connectivity index is 1.55. The molecule has 0 bridgehead atoms. The molecule has 1 aliphatic carbocycles. The van der Waals surface area contributed by atoms with Crippen LogP contribution in [0.25, 0.3) is 21.9 Å². The molecule has 4 aromatic rings. The molecule has 5 rings (SSSR count). The summed E-state index contributed by atoms with van der Waals surface area (Å²) in [6, 6.07) is 9.13. The zero-order chi connectivity index (χ0) is 26.3. The number of carbonyl (C=O) groups excluding carboxylic acids is 1. The molecule has 2 aromatic heterocycles. The van der Waals surface area contributed by atoms with Gasteiger partial charge in [0.25, 0.3) is 0 Å². The minimum atomic E-state index is -1.08. The van der Waals surface area contributed by atoms with Crippen molar-refractivity contribution < 1.29 is 23.6 Å². The van der Waals surface area contributed by atoms with Crippen molar-refractivity contribution in [2.75, 3.05) is 4.90 Å². The number of rotatable bonds is 7. The SMILES string of the molecule is Cc1noc(CCc2ccc3oc4cc(C(=O)O)c(N(C(=O)C5CCC(C)CC5)C(C)C)cc4c3c2)n1. The van der Waals surface area contributed by atoms with Crippen molar-refractivity contribution >= 4 is 39.5 Å². The fourth-order valence-electron chi connectivity index (χ4n) is 5.43. The number of carbonyl (C=O) groups is 2. The van der Waals surface area contributed by atoms with Gasteiger partial charge in [-0.2, -0.15) is 4.98 Å². The fourth-order valence-corrected chi connectivity index (χ4v) is 5.43. The number of hydrogen-bond donors (Lipinski definition) is 1. The summed E-state index contributed by atoms with van der Waals surface area (Å²) >= 11 is 0. The molecule has 1 N–H and O–H groups in total. The maximum atomic E-state index is 13.7. The van der Waals surface area contributed by atoms with Gasteiger partial charge in [-0.05, 0) is 88.6 Å². The molecule has 0 spiro atoms. The molecule has 194 valence electrons. The summed E-state index contributed by atoms with van der Waals surface area (Å²) in [5, 5.41) is 15.6. The number of fused-ring (bicyclic) bond motifs is 3. The van der Waals surface area contributed by atoms with Gasteiger partial charge in [0.2, 0.25) is 11.8 Å². The monoisotopic (exact) mass is 503 g/mol. The molecule has 2 heterocycles. The minimum absolute atomic E-state index is 0.00657. The highest BCUT2D eigenvalue weighted by Gasteiger charge is 2.33. The second-order valence-corrected chi connectivity index (χ2v) is 10.6. The first kappa shape index (κ1) is 25.0. The van der Waals surface area contributed by atoms with Gasteiger partial charge in [-0.25, -0.2) is 4.79 Å². The standard InChI is InChI=1S/C29H33N3O5/c1-16(2)32(28(33)20-9-5-17(3)6-10-20)24-14-22-21-13-19(8-12-27-30-18(4)31-37-27)7-11-25(21)36-26(22)15-23(24)29(34)35/h7,11,13-17,20H,5-6,8-10,12H2,1-4H3,(H,34,35). The molecule has 8 nitrogen and oxygen atoms in total. The van der Waals surface area contributed by atoms with Crippen molar-refractivity contribution in [2.24, 2.45) is 11.8 Å². The molecular weight excluding hydrogens is 470 g/mol. The van der Waals surface area contributed by atoms with E-state index in [0.717, 1.165) is 42.0 Å². The van der Waals surface area contributed by atoms with Crippen LogP contribution in [0.4, 0.5) is 5.69 Å². The summed E-state index contributed by atoms with van der Waals surface area (Å²) in [5.41, 5.74) is 2.73. The summed E-state index contributed by atoms with van der Waals surface area (Å²) < 4.78 is 11.3. The lowest BCUT2D eigenvalue weighted by Crippen LogP contribution is -2.42. The van der Waals surface area contributed by atoms with E-state index in [1.165, 1.54) is 0 Å². The molecule has 1 fully saturated rings. The van der Waals surface area contributed by atoms with Crippen LogP contribution in [0.2, 0.25) is 0 Å². The third-order valence-electron chi connectivity index (χ3n) is 7.46. The van der Waals surface area contributed by atoms with E-state index in [9.17, 15) is 14.7 Å². The number of carboxylic acids is 1. The Hall–Kier alpha value is -3.68. The Labute approximate surface area is 215 Å². The van der Waals surface area contributed by atoms with Gasteiger partial charge in [-0.15, -0.1) is 0 Å². The number of aromatic carboxylic acids is 1. The number of hydrogen-bond acceptors (Lipinski definition) is 6. The van der Waals surface area contributed by atoms with Gasteiger partial charge in [-0.1, -0.05) is 18.1 Å². The van der Waals surface area contributed by atoms with Crippen LogP contribution in [0.3, 0.4) is 0 Å². The summed E-state index contributed by atoms with van der Waals surface area (Å²) in [7, 11) is 0. The summed E-state index contributed by atoms with van der Waals surface area (Å²) in [6.45, 7) is 7.88. The first-order valence-electron chi connectivity index (χ1n) is 13.1. The number of amides is 1. The quantitative estimate of drug-likeness (QED) is 0.314. The van der Waals surface area contributed by atoms with Crippen molar-refractivity contribution in [3.63, 3.8) is 0 Å². The van der Waals surface area contributed by atoms with Gasteiger partial charge in [0.1, 0.15) is 11.2 Å². The Bertz CT molecular complexity index is 1460. The van der Waals surface area contributed by atoms with Gasteiger partial charge in [0.05, 0.1) is 11.3 Å². The minimum Gasteiger partial charge on any atom is -0.478 e. The van der Waals surface area contributed by atoms with Crippen LogP contribution in [0, 0.1) is 18.8 Å². The van der Waals surface area contributed by atoms with E-state index in [0.29, 0.717) is 47.3 Å². The van der Waals surface area contributed by atoms with Crippen molar-refractivity contribution in [1.29, 1.82) is 0 Å². The first-order chi connectivity index (χ1) is 17.7. The topological polar surface area (TPSA) is 110 Å². The highest BCUT2D eigenvalue weighted by Crippen LogP contribution is 2.38. The van der Waals surface area contributed by atoms with Crippen molar-refractivity contribution in [1.82, 2.24) is 10.1 Å². The first-order valence-corrected chi connectivity index (χ1v) is 13.1. The molecule has 0 radical (unpaired) electrons. The van der Waals surface area contributed by atoms with Gasteiger partial charge < -0.3 is 18.9 Å². The van der Waals surface area contributed by atoms with E-state index in [2.05, 4.69) is 23.1 Å². The fraction of sp³-hybridized carbons (Fsp3) is 0.448. The maximum absolute atomic E-state index is 13.7. The second-order valence-electron chi connectivity index (χ2n) is 10.6. The molecule has 1 aliphatic rings. The van der Waals surface area contributed by atoms with Crippen LogP contribution in [0.5, 0.6) is 0 Å². The number of aromatic nitrogens is 2. The number of furan rings is 1. The number of benzene rings is 2.